The summed E-state index contributed by atoms with van der Waals surface area (Å²) in [5.74, 6) is 1.27. The zero-order chi connectivity index (χ0) is 11.1. The lowest BCUT2D eigenvalue weighted by Gasteiger charge is -2.12. The van der Waals surface area contributed by atoms with E-state index in [1.54, 1.807) is 18.2 Å². The minimum absolute atomic E-state index is 0.0164. The number of para-hydroxylation sites is 1. The van der Waals surface area contributed by atoms with Crippen molar-refractivity contribution in [2.45, 2.75) is 19.3 Å². The summed E-state index contributed by atoms with van der Waals surface area (Å²) in [5, 5.41) is 2.68. The number of halogens is 1. The van der Waals surface area contributed by atoms with E-state index in [1.807, 2.05) is 0 Å². The zero-order valence-electron chi connectivity index (χ0n) is 8.95. The number of amides is 1. The molecule has 0 heterocycles. The van der Waals surface area contributed by atoms with Gasteiger partial charge in [0.05, 0.1) is 5.69 Å². The number of hydrogen-bond donors (Lipinski definition) is 1. The third kappa shape index (κ3) is 1.70. The molecule has 3 heteroatoms. The van der Waals surface area contributed by atoms with Crippen LogP contribution in [0.2, 0.25) is 0 Å². The van der Waals surface area contributed by atoms with Crippen molar-refractivity contribution in [3.63, 3.8) is 0 Å². The molecule has 0 radical (unpaired) electrons. The van der Waals surface area contributed by atoms with Crippen molar-refractivity contribution in [2.24, 2.45) is 17.8 Å². The van der Waals surface area contributed by atoms with E-state index >= 15 is 0 Å². The Morgan fingerprint density at radius 1 is 1.19 bits per heavy atom. The van der Waals surface area contributed by atoms with Crippen LogP contribution in [0, 0.1) is 23.6 Å². The van der Waals surface area contributed by atoms with E-state index in [2.05, 4.69) is 5.32 Å². The largest absolute Gasteiger partial charge is 0.323 e. The maximum atomic E-state index is 13.3. The molecule has 1 N–H and O–H groups in total. The molecule has 2 fully saturated rings. The van der Waals surface area contributed by atoms with Crippen LogP contribution >= 0.6 is 0 Å². The molecule has 2 unspecified atom stereocenters. The quantitative estimate of drug-likeness (QED) is 0.814. The van der Waals surface area contributed by atoms with Crippen molar-refractivity contribution in [3.05, 3.63) is 30.1 Å². The minimum atomic E-state index is -0.362. The first kappa shape index (κ1) is 9.82. The lowest BCUT2D eigenvalue weighted by atomic mass is 10.0. The Labute approximate surface area is 93.9 Å². The van der Waals surface area contributed by atoms with Crippen molar-refractivity contribution >= 4 is 11.6 Å². The van der Waals surface area contributed by atoms with E-state index < -0.39 is 0 Å². The van der Waals surface area contributed by atoms with Gasteiger partial charge in [-0.05, 0) is 43.2 Å². The molecule has 0 spiro atoms. The van der Waals surface area contributed by atoms with Gasteiger partial charge in [-0.1, -0.05) is 12.1 Å². The highest BCUT2D eigenvalue weighted by Gasteiger charge is 2.47. The first-order valence-corrected chi connectivity index (χ1v) is 5.79. The summed E-state index contributed by atoms with van der Waals surface area (Å²) in [5.41, 5.74) is 0.299. The molecule has 84 valence electrons. The molecule has 3 rings (SSSR count). The molecule has 2 saturated carbocycles. The maximum absolute atomic E-state index is 13.3. The summed E-state index contributed by atoms with van der Waals surface area (Å²) in [6.07, 6.45) is 3.28. The number of carbonyl (C=O) groups is 1. The number of anilines is 1. The molecule has 2 aliphatic rings. The Balaban J connectivity index is 1.66. The third-order valence-electron chi connectivity index (χ3n) is 3.75. The van der Waals surface area contributed by atoms with Gasteiger partial charge in [0.25, 0.3) is 0 Å². The van der Waals surface area contributed by atoms with E-state index in [-0.39, 0.29) is 17.6 Å². The predicted octanol–water partition coefficient (Wildman–Crippen LogP) is 2.81. The molecule has 2 aliphatic carbocycles. The summed E-state index contributed by atoms with van der Waals surface area (Å²) in [7, 11) is 0. The van der Waals surface area contributed by atoms with Gasteiger partial charge in [0.15, 0.2) is 0 Å². The normalized spacial score (nSPS) is 30.9. The van der Waals surface area contributed by atoms with Crippen LogP contribution in [0.4, 0.5) is 10.1 Å². The molecule has 1 aromatic carbocycles. The van der Waals surface area contributed by atoms with Crippen molar-refractivity contribution < 1.29 is 9.18 Å². The van der Waals surface area contributed by atoms with Gasteiger partial charge in [-0.3, -0.25) is 4.79 Å². The highest BCUT2D eigenvalue weighted by Crippen LogP contribution is 2.54. The van der Waals surface area contributed by atoms with Crippen LogP contribution in [0.15, 0.2) is 24.3 Å². The van der Waals surface area contributed by atoms with Gasteiger partial charge in [-0.15, -0.1) is 0 Å². The van der Waals surface area contributed by atoms with Crippen LogP contribution in [0.5, 0.6) is 0 Å². The van der Waals surface area contributed by atoms with E-state index in [4.69, 9.17) is 0 Å². The average molecular weight is 219 g/mol. The topological polar surface area (TPSA) is 29.1 Å². The Bertz CT molecular complexity index is 422. The van der Waals surface area contributed by atoms with Gasteiger partial charge < -0.3 is 5.32 Å². The second-order valence-corrected chi connectivity index (χ2v) is 4.89. The summed E-state index contributed by atoms with van der Waals surface area (Å²) in [4.78, 5) is 11.9. The fourth-order valence-corrected chi connectivity index (χ4v) is 2.73. The molecule has 1 aromatic rings. The van der Waals surface area contributed by atoms with Crippen molar-refractivity contribution in [1.82, 2.24) is 0 Å². The molecular formula is C13H14FNO. The fourth-order valence-electron chi connectivity index (χ4n) is 2.73. The molecule has 0 saturated heterocycles. The van der Waals surface area contributed by atoms with Gasteiger partial charge in [-0.2, -0.15) is 0 Å². The molecule has 2 nitrogen and oxygen atoms in total. The monoisotopic (exact) mass is 219 g/mol. The lowest BCUT2D eigenvalue weighted by Crippen LogP contribution is -2.22. The average Bonchev–Trinajstić information content (AvgIpc) is 2.89. The van der Waals surface area contributed by atoms with Gasteiger partial charge >= 0.3 is 0 Å². The standard InChI is InChI=1S/C13H14FNO/c14-11-3-1-2-4-12(11)15-13(16)10-6-8-5-9(8)7-10/h1-4,8-10H,5-7H2,(H,15,16). The van der Waals surface area contributed by atoms with Crippen LogP contribution in [-0.2, 0) is 4.79 Å². The summed E-state index contributed by atoms with van der Waals surface area (Å²) < 4.78 is 13.3. The van der Waals surface area contributed by atoms with Crippen molar-refractivity contribution in [1.29, 1.82) is 0 Å². The molecule has 1 amide bonds. The molecule has 2 atom stereocenters. The highest BCUT2D eigenvalue weighted by molar-refractivity contribution is 5.92. The number of nitrogens with one attached hydrogen (secondary N) is 1. The number of rotatable bonds is 2. The van der Waals surface area contributed by atoms with Crippen LogP contribution in [-0.4, -0.2) is 5.91 Å². The summed E-state index contributed by atoms with van der Waals surface area (Å²) >= 11 is 0. The zero-order valence-corrected chi connectivity index (χ0v) is 8.95. The Morgan fingerprint density at radius 3 is 2.56 bits per heavy atom. The number of benzene rings is 1. The summed E-state index contributed by atoms with van der Waals surface area (Å²) in [6, 6.07) is 6.31. The van der Waals surface area contributed by atoms with E-state index in [1.165, 1.54) is 12.5 Å². The molecule has 0 aliphatic heterocycles. The predicted molar refractivity (Wildman–Crippen MR) is 59.4 cm³/mol. The van der Waals surface area contributed by atoms with Gasteiger partial charge in [0, 0.05) is 5.92 Å². The van der Waals surface area contributed by atoms with Crippen molar-refractivity contribution in [3.8, 4) is 0 Å². The van der Waals surface area contributed by atoms with Gasteiger partial charge in [-0.25, -0.2) is 4.39 Å². The van der Waals surface area contributed by atoms with Crippen molar-refractivity contribution in [2.75, 3.05) is 5.32 Å². The van der Waals surface area contributed by atoms with E-state index in [9.17, 15) is 9.18 Å². The molecular weight excluding hydrogens is 205 g/mol. The SMILES string of the molecule is O=C(Nc1ccccc1F)C1CC2CC2C1. The number of hydrogen-bond acceptors (Lipinski definition) is 1. The lowest BCUT2D eigenvalue weighted by molar-refractivity contribution is -0.120. The first-order valence-electron chi connectivity index (χ1n) is 5.79. The summed E-state index contributed by atoms with van der Waals surface area (Å²) in [6.45, 7) is 0. The third-order valence-corrected chi connectivity index (χ3v) is 3.75. The van der Waals surface area contributed by atoms with E-state index in [0.29, 0.717) is 5.69 Å². The first-order chi connectivity index (χ1) is 7.74. The van der Waals surface area contributed by atoms with Crippen LogP contribution in [0.1, 0.15) is 19.3 Å². The van der Waals surface area contributed by atoms with E-state index in [0.717, 1.165) is 24.7 Å². The second kappa shape index (κ2) is 3.58. The molecule has 0 bridgehead atoms. The second-order valence-electron chi connectivity index (χ2n) is 4.89. The Morgan fingerprint density at radius 2 is 1.88 bits per heavy atom. The number of carbonyl (C=O) groups excluding carboxylic acids is 1. The molecule has 0 aromatic heterocycles. The number of fused-ring (bicyclic) bond motifs is 1. The molecule has 16 heavy (non-hydrogen) atoms. The maximum Gasteiger partial charge on any atom is 0.227 e. The van der Waals surface area contributed by atoms with Gasteiger partial charge in [0.1, 0.15) is 5.82 Å². The van der Waals surface area contributed by atoms with Crippen LogP contribution in [0.3, 0.4) is 0 Å². The Hall–Kier alpha value is -1.38. The smallest absolute Gasteiger partial charge is 0.227 e. The van der Waals surface area contributed by atoms with Gasteiger partial charge in [0.2, 0.25) is 5.91 Å². The van der Waals surface area contributed by atoms with Crippen LogP contribution in [0.25, 0.3) is 0 Å². The minimum Gasteiger partial charge on any atom is -0.323 e. The fraction of sp³-hybridized carbons (Fsp3) is 0.462. The Kier molecular flexibility index (Phi) is 2.20. The highest BCUT2D eigenvalue weighted by atomic mass is 19.1. The van der Waals surface area contributed by atoms with Crippen LogP contribution < -0.4 is 5.32 Å².